The Morgan fingerprint density at radius 3 is 2.67 bits per heavy atom. The summed E-state index contributed by atoms with van der Waals surface area (Å²) >= 11 is 6.03. The first-order valence-corrected chi connectivity index (χ1v) is 6.69. The van der Waals surface area contributed by atoms with E-state index in [0.717, 1.165) is 18.3 Å². The van der Waals surface area contributed by atoms with Crippen LogP contribution in [-0.2, 0) is 4.74 Å². The van der Waals surface area contributed by atoms with Crippen LogP contribution in [0, 0.1) is 5.92 Å². The standard InChI is InChI=1S/C12H22ClNO/c1-9-5-6-14(12(9)7-13)8-11-4-3-10(2)15-11/h9-12H,3-8H2,1-2H3. The fourth-order valence-corrected chi connectivity index (χ4v) is 3.34. The summed E-state index contributed by atoms with van der Waals surface area (Å²) in [5.74, 6) is 1.52. The fraction of sp³-hybridized carbons (Fsp3) is 1.00. The van der Waals surface area contributed by atoms with E-state index in [9.17, 15) is 0 Å². The van der Waals surface area contributed by atoms with Gasteiger partial charge in [-0.05, 0) is 38.6 Å². The van der Waals surface area contributed by atoms with Gasteiger partial charge in [0.1, 0.15) is 0 Å². The van der Waals surface area contributed by atoms with E-state index in [-0.39, 0.29) is 0 Å². The van der Waals surface area contributed by atoms with Gasteiger partial charge >= 0.3 is 0 Å². The molecule has 0 aromatic heterocycles. The van der Waals surface area contributed by atoms with Crippen molar-refractivity contribution in [2.75, 3.05) is 19.0 Å². The molecule has 0 saturated carbocycles. The molecular formula is C12H22ClNO. The quantitative estimate of drug-likeness (QED) is 0.693. The number of likely N-dealkylation sites (tertiary alicyclic amines) is 1. The first kappa shape index (κ1) is 11.7. The van der Waals surface area contributed by atoms with Gasteiger partial charge in [0, 0.05) is 18.5 Å². The molecule has 2 nitrogen and oxygen atoms in total. The molecule has 3 heteroatoms. The summed E-state index contributed by atoms with van der Waals surface area (Å²) in [5.41, 5.74) is 0. The lowest BCUT2D eigenvalue weighted by molar-refractivity contribution is 0.0289. The van der Waals surface area contributed by atoms with Crippen molar-refractivity contribution in [1.82, 2.24) is 4.90 Å². The molecule has 0 aliphatic carbocycles. The van der Waals surface area contributed by atoms with Gasteiger partial charge in [-0.3, -0.25) is 4.90 Å². The van der Waals surface area contributed by atoms with Crippen LogP contribution in [0.2, 0.25) is 0 Å². The summed E-state index contributed by atoms with van der Waals surface area (Å²) in [7, 11) is 0. The minimum Gasteiger partial charge on any atom is -0.374 e. The monoisotopic (exact) mass is 231 g/mol. The summed E-state index contributed by atoms with van der Waals surface area (Å²) in [4.78, 5) is 2.53. The zero-order chi connectivity index (χ0) is 10.8. The Morgan fingerprint density at radius 1 is 1.27 bits per heavy atom. The normalized spacial score (nSPS) is 42.6. The van der Waals surface area contributed by atoms with Crippen LogP contribution < -0.4 is 0 Å². The Kier molecular flexibility index (Phi) is 3.92. The highest BCUT2D eigenvalue weighted by Gasteiger charge is 2.33. The number of hydrogen-bond acceptors (Lipinski definition) is 2. The molecule has 0 radical (unpaired) electrons. The number of halogens is 1. The van der Waals surface area contributed by atoms with Crippen molar-refractivity contribution in [3.63, 3.8) is 0 Å². The maximum absolute atomic E-state index is 6.03. The Bertz CT molecular complexity index is 212. The number of hydrogen-bond donors (Lipinski definition) is 0. The zero-order valence-electron chi connectivity index (χ0n) is 9.79. The molecule has 88 valence electrons. The SMILES string of the molecule is CC1CCC(CN2CCC(C)C2CCl)O1. The van der Waals surface area contributed by atoms with Crippen molar-refractivity contribution < 1.29 is 4.74 Å². The van der Waals surface area contributed by atoms with Gasteiger partial charge in [0.2, 0.25) is 0 Å². The molecule has 2 aliphatic rings. The van der Waals surface area contributed by atoms with Gasteiger partial charge in [-0.2, -0.15) is 0 Å². The maximum Gasteiger partial charge on any atom is 0.0706 e. The molecule has 0 aromatic carbocycles. The van der Waals surface area contributed by atoms with Gasteiger partial charge in [0.25, 0.3) is 0 Å². The van der Waals surface area contributed by atoms with E-state index in [0.29, 0.717) is 18.2 Å². The average molecular weight is 232 g/mol. The van der Waals surface area contributed by atoms with Crippen molar-refractivity contribution in [3.05, 3.63) is 0 Å². The van der Waals surface area contributed by atoms with Gasteiger partial charge in [-0.25, -0.2) is 0 Å². The molecule has 2 saturated heterocycles. The van der Waals surface area contributed by atoms with Gasteiger partial charge in [-0.1, -0.05) is 6.92 Å². The summed E-state index contributed by atoms with van der Waals surface area (Å²) < 4.78 is 5.87. The third-order valence-corrected chi connectivity index (χ3v) is 4.23. The van der Waals surface area contributed by atoms with Crippen LogP contribution in [0.5, 0.6) is 0 Å². The molecule has 2 aliphatic heterocycles. The lowest BCUT2D eigenvalue weighted by atomic mass is 10.0. The van der Waals surface area contributed by atoms with Gasteiger partial charge in [0.05, 0.1) is 12.2 Å². The summed E-state index contributed by atoms with van der Waals surface area (Å²) in [6.07, 6.45) is 4.65. The highest BCUT2D eigenvalue weighted by Crippen LogP contribution is 2.27. The van der Waals surface area contributed by atoms with Crippen LogP contribution >= 0.6 is 11.6 Å². The van der Waals surface area contributed by atoms with Gasteiger partial charge < -0.3 is 4.74 Å². The van der Waals surface area contributed by atoms with Crippen molar-refractivity contribution in [2.45, 2.75) is 51.4 Å². The second kappa shape index (κ2) is 5.03. The van der Waals surface area contributed by atoms with E-state index in [4.69, 9.17) is 16.3 Å². The molecule has 0 aromatic rings. The van der Waals surface area contributed by atoms with Crippen LogP contribution in [0.3, 0.4) is 0 Å². The van der Waals surface area contributed by atoms with Crippen molar-refractivity contribution in [2.24, 2.45) is 5.92 Å². The molecule has 15 heavy (non-hydrogen) atoms. The van der Waals surface area contributed by atoms with Crippen LogP contribution in [0.15, 0.2) is 0 Å². The van der Waals surface area contributed by atoms with Gasteiger partial charge in [-0.15, -0.1) is 11.6 Å². The Balaban J connectivity index is 1.83. The predicted molar refractivity (Wildman–Crippen MR) is 63.4 cm³/mol. The molecular weight excluding hydrogens is 210 g/mol. The topological polar surface area (TPSA) is 12.5 Å². The van der Waals surface area contributed by atoms with E-state index >= 15 is 0 Å². The van der Waals surface area contributed by atoms with E-state index in [2.05, 4.69) is 18.7 Å². The van der Waals surface area contributed by atoms with Crippen molar-refractivity contribution >= 4 is 11.6 Å². The van der Waals surface area contributed by atoms with E-state index in [1.165, 1.54) is 25.8 Å². The van der Waals surface area contributed by atoms with Crippen molar-refractivity contribution in [1.29, 1.82) is 0 Å². The second-order valence-electron chi connectivity index (χ2n) is 5.13. The van der Waals surface area contributed by atoms with Crippen LogP contribution in [-0.4, -0.2) is 42.1 Å². The smallest absolute Gasteiger partial charge is 0.0706 e. The number of rotatable bonds is 3. The van der Waals surface area contributed by atoms with Crippen LogP contribution in [0.4, 0.5) is 0 Å². The van der Waals surface area contributed by atoms with E-state index < -0.39 is 0 Å². The first-order chi connectivity index (χ1) is 7.20. The molecule has 4 atom stereocenters. The van der Waals surface area contributed by atoms with E-state index in [1.807, 2.05) is 0 Å². The predicted octanol–water partition coefficient (Wildman–Crippen LogP) is 2.50. The van der Waals surface area contributed by atoms with Crippen LogP contribution in [0.25, 0.3) is 0 Å². The first-order valence-electron chi connectivity index (χ1n) is 6.16. The minimum atomic E-state index is 0.455. The molecule has 2 rings (SSSR count). The Morgan fingerprint density at radius 2 is 2.07 bits per heavy atom. The molecule has 0 amide bonds. The molecule has 2 fully saturated rings. The molecule has 0 spiro atoms. The largest absolute Gasteiger partial charge is 0.374 e. The lowest BCUT2D eigenvalue weighted by Crippen LogP contribution is -2.39. The van der Waals surface area contributed by atoms with E-state index in [1.54, 1.807) is 0 Å². The molecule has 0 N–H and O–H groups in total. The summed E-state index contributed by atoms with van der Waals surface area (Å²) in [5, 5.41) is 0. The highest BCUT2D eigenvalue weighted by atomic mass is 35.5. The lowest BCUT2D eigenvalue weighted by Gasteiger charge is -2.27. The molecule has 0 bridgehead atoms. The average Bonchev–Trinajstić information content (AvgIpc) is 2.75. The van der Waals surface area contributed by atoms with Crippen molar-refractivity contribution in [3.8, 4) is 0 Å². The fourth-order valence-electron chi connectivity index (χ4n) is 2.85. The third-order valence-electron chi connectivity index (χ3n) is 3.91. The number of ether oxygens (including phenoxy) is 1. The Labute approximate surface area is 97.9 Å². The molecule has 2 heterocycles. The van der Waals surface area contributed by atoms with Gasteiger partial charge in [0.15, 0.2) is 0 Å². The maximum atomic E-state index is 6.03. The minimum absolute atomic E-state index is 0.455. The summed E-state index contributed by atoms with van der Waals surface area (Å²) in [6.45, 7) is 6.77. The molecule has 4 unspecified atom stereocenters. The zero-order valence-corrected chi connectivity index (χ0v) is 10.5. The third kappa shape index (κ3) is 2.66. The number of alkyl halides is 1. The highest BCUT2D eigenvalue weighted by molar-refractivity contribution is 6.18. The second-order valence-corrected chi connectivity index (χ2v) is 5.44. The summed E-state index contributed by atoms with van der Waals surface area (Å²) in [6, 6.07) is 0.575. The Hall–Kier alpha value is 0.210. The van der Waals surface area contributed by atoms with Crippen LogP contribution in [0.1, 0.15) is 33.1 Å². The number of nitrogens with zero attached hydrogens (tertiary/aromatic N) is 1.